The average Bonchev–Trinajstić information content (AvgIpc) is 2.95. The van der Waals surface area contributed by atoms with Crippen molar-refractivity contribution < 1.29 is 0 Å². The summed E-state index contributed by atoms with van der Waals surface area (Å²) in [6.07, 6.45) is 6.90. The third-order valence-electron chi connectivity index (χ3n) is 5.73. The Labute approximate surface area is 157 Å². The number of hydrogen-bond acceptors (Lipinski definition) is 3. The standard InChI is InChI=1S/C20H22ClN3S/c1-13-12-25-19(23-17-8-6-16(21)7-9-17)24(13)22-11-14-4-5-15-10-18(14)20(15,2)3/h4,6-9,11-12,15,18H,5,10H2,1-3H3. The van der Waals surface area contributed by atoms with Gasteiger partial charge in [-0.05, 0) is 66.9 Å². The van der Waals surface area contributed by atoms with Gasteiger partial charge in [0.1, 0.15) is 0 Å². The summed E-state index contributed by atoms with van der Waals surface area (Å²) >= 11 is 7.55. The molecule has 130 valence electrons. The number of hydrogen-bond donors (Lipinski definition) is 0. The van der Waals surface area contributed by atoms with Gasteiger partial charge >= 0.3 is 0 Å². The van der Waals surface area contributed by atoms with Gasteiger partial charge in [0, 0.05) is 10.4 Å². The van der Waals surface area contributed by atoms with E-state index in [2.05, 4.69) is 32.2 Å². The van der Waals surface area contributed by atoms with Gasteiger partial charge in [0.2, 0.25) is 4.80 Å². The molecule has 5 rings (SSSR count). The van der Waals surface area contributed by atoms with E-state index < -0.39 is 0 Å². The van der Waals surface area contributed by atoms with Crippen LogP contribution >= 0.6 is 22.9 Å². The Morgan fingerprint density at radius 1 is 1.28 bits per heavy atom. The minimum atomic E-state index is 0.418. The van der Waals surface area contributed by atoms with Crippen LogP contribution in [0.2, 0.25) is 5.02 Å². The lowest BCUT2D eigenvalue weighted by Gasteiger charge is -2.55. The summed E-state index contributed by atoms with van der Waals surface area (Å²) < 4.78 is 1.93. The van der Waals surface area contributed by atoms with Gasteiger partial charge in [-0.25, -0.2) is 9.67 Å². The molecule has 3 aliphatic carbocycles. The van der Waals surface area contributed by atoms with E-state index in [4.69, 9.17) is 21.7 Å². The van der Waals surface area contributed by atoms with Gasteiger partial charge in [-0.15, -0.1) is 11.3 Å². The maximum Gasteiger partial charge on any atom is 0.211 e. The zero-order valence-corrected chi connectivity index (χ0v) is 16.3. The molecule has 2 unspecified atom stereocenters. The third kappa shape index (κ3) is 3.02. The number of thiazole rings is 1. The van der Waals surface area contributed by atoms with E-state index in [-0.39, 0.29) is 0 Å². The van der Waals surface area contributed by atoms with Crippen molar-refractivity contribution in [3.8, 4) is 0 Å². The molecule has 0 aliphatic heterocycles. The molecule has 0 spiro atoms. The number of aryl methyl sites for hydroxylation is 1. The SMILES string of the molecule is Cc1csc(=Nc2ccc(Cl)cc2)n1N=CC1=CCC2CC1C2(C)C. The van der Waals surface area contributed by atoms with Crippen LogP contribution in [0.15, 0.2) is 51.4 Å². The van der Waals surface area contributed by atoms with E-state index in [0.29, 0.717) is 11.3 Å². The lowest BCUT2D eigenvalue weighted by Crippen LogP contribution is -2.48. The minimum Gasteiger partial charge on any atom is -0.220 e. The van der Waals surface area contributed by atoms with Crippen LogP contribution in [-0.4, -0.2) is 10.9 Å². The van der Waals surface area contributed by atoms with Gasteiger partial charge in [0.05, 0.1) is 17.6 Å². The molecule has 0 amide bonds. The Bertz CT molecular complexity index is 915. The van der Waals surface area contributed by atoms with E-state index in [9.17, 15) is 0 Å². The van der Waals surface area contributed by atoms with Crippen LogP contribution in [0.4, 0.5) is 5.69 Å². The van der Waals surface area contributed by atoms with Crippen molar-refractivity contribution in [2.45, 2.75) is 33.6 Å². The molecule has 2 atom stereocenters. The summed E-state index contributed by atoms with van der Waals surface area (Å²) in [7, 11) is 0. The molecule has 1 fully saturated rings. The topological polar surface area (TPSA) is 29.6 Å². The second-order valence-electron chi connectivity index (χ2n) is 7.55. The number of benzene rings is 1. The summed E-state index contributed by atoms with van der Waals surface area (Å²) in [6, 6.07) is 7.56. The fraction of sp³-hybridized carbons (Fsp3) is 0.400. The summed E-state index contributed by atoms with van der Waals surface area (Å²) in [5, 5.41) is 7.57. The van der Waals surface area contributed by atoms with Crippen LogP contribution in [0.1, 0.15) is 32.4 Å². The van der Waals surface area contributed by atoms with E-state index in [1.807, 2.05) is 35.2 Å². The number of halogens is 1. The lowest BCUT2D eigenvalue weighted by molar-refractivity contribution is -0.00127. The molecule has 0 radical (unpaired) electrons. The van der Waals surface area contributed by atoms with Crippen LogP contribution in [0, 0.1) is 24.2 Å². The maximum atomic E-state index is 5.95. The first kappa shape index (κ1) is 16.8. The van der Waals surface area contributed by atoms with Crippen LogP contribution in [0.5, 0.6) is 0 Å². The number of allylic oxidation sites excluding steroid dienone is 2. The van der Waals surface area contributed by atoms with Crippen LogP contribution in [0.3, 0.4) is 0 Å². The second kappa shape index (κ2) is 6.26. The molecule has 1 aromatic carbocycles. The Morgan fingerprint density at radius 2 is 2.04 bits per heavy atom. The summed E-state index contributed by atoms with van der Waals surface area (Å²) in [5.74, 6) is 1.49. The van der Waals surface area contributed by atoms with Crippen LogP contribution in [0.25, 0.3) is 0 Å². The highest BCUT2D eigenvalue weighted by atomic mass is 35.5. The monoisotopic (exact) mass is 371 g/mol. The fourth-order valence-corrected chi connectivity index (χ4v) is 4.85. The van der Waals surface area contributed by atoms with Crippen molar-refractivity contribution in [1.29, 1.82) is 0 Å². The Hall–Kier alpha value is -1.65. The molecule has 25 heavy (non-hydrogen) atoms. The number of aromatic nitrogens is 1. The van der Waals surface area contributed by atoms with Gasteiger partial charge < -0.3 is 0 Å². The molecule has 3 nitrogen and oxygen atoms in total. The molecule has 3 aliphatic rings. The lowest BCUT2D eigenvalue weighted by atomic mass is 9.49. The molecule has 1 saturated carbocycles. The maximum absolute atomic E-state index is 5.95. The fourth-order valence-electron chi connectivity index (χ4n) is 3.90. The van der Waals surface area contributed by atoms with Crippen molar-refractivity contribution >= 4 is 34.8 Å². The van der Waals surface area contributed by atoms with Crippen molar-refractivity contribution in [1.82, 2.24) is 4.68 Å². The zero-order chi connectivity index (χ0) is 17.6. The van der Waals surface area contributed by atoms with E-state index in [1.54, 1.807) is 11.3 Å². The Morgan fingerprint density at radius 3 is 2.72 bits per heavy atom. The quantitative estimate of drug-likeness (QED) is 0.631. The molecule has 5 heteroatoms. The van der Waals surface area contributed by atoms with Crippen molar-refractivity contribution in [3.05, 3.63) is 56.8 Å². The Kier molecular flexibility index (Phi) is 4.20. The number of fused-ring (bicyclic) bond motifs is 1. The first-order valence-electron chi connectivity index (χ1n) is 8.67. The molecule has 1 aromatic heterocycles. The van der Waals surface area contributed by atoms with Crippen LogP contribution in [-0.2, 0) is 0 Å². The molecular formula is C20H22ClN3S. The molecule has 0 saturated heterocycles. The normalized spacial score (nSPS) is 25.1. The van der Waals surface area contributed by atoms with Crippen molar-refractivity contribution in [2.75, 3.05) is 0 Å². The largest absolute Gasteiger partial charge is 0.220 e. The van der Waals surface area contributed by atoms with Crippen LogP contribution < -0.4 is 4.80 Å². The zero-order valence-electron chi connectivity index (χ0n) is 14.7. The Balaban J connectivity index is 1.65. The first-order valence-corrected chi connectivity index (χ1v) is 9.93. The predicted octanol–water partition coefficient (Wildman–Crippen LogP) is 5.57. The third-order valence-corrected chi connectivity index (χ3v) is 6.92. The van der Waals surface area contributed by atoms with Crippen molar-refractivity contribution in [3.63, 3.8) is 0 Å². The average molecular weight is 372 g/mol. The smallest absolute Gasteiger partial charge is 0.211 e. The molecule has 0 N–H and O–H groups in total. The van der Waals surface area contributed by atoms with E-state index in [1.165, 1.54) is 18.4 Å². The second-order valence-corrected chi connectivity index (χ2v) is 8.82. The molecule has 2 bridgehead atoms. The van der Waals surface area contributed by atoms with Gasteiger partial charge in [0.25, 0.3) is 0 Å². The van der Waals surface area contributed by atoms with Gasteiger partial charge in [-0.3, -0.25) is 0 Å². The summed E-state index contributed by atoms with van der Waals surface area (Å²) in [6.45, 7) is 6.83. The molecular weight excluding hydrogens is 350 g/mol. The van der Waals surface area contributed by atoms with E-state index in [0.717, 1.165) is 27.1 Å². The van der Waals surface area contributed by atoms with E-state index >= 15 is 0 Å². The minimum absolute atomic E-state index is 0.418. The molecule has 1 heterocycles. The highest BCUT2D eigenvalue weighted by molar-refractivity contribution is 7.07. The highest BCUT2D eigenvalue weighted by Crippen LogP contribution is 2.58. The predicted molar refractivity (Wildman–Crippen MR) is 106 cm³/mol. The highest BCUT2D eigenvalue weighted by Gasteiger charge is 2.50. The van der Waals surface area contributed by atoms with Gasteiger partial charge in [-0.1, -0.05) is 31.5 Å². The van der Waals surface area contributed by atoms with Gasteiger partial charge in [-0.2, -0.15) is 5.10 Å². The number of nitrogens with zero attached hydrogens (tertiary/aromatic N) is 3. The first-order chi connectivity index (χ1) is 11.9. The number of rotatable bonds is 3. The van der Waals surface area contributed by atoms with Crippen molar-refractivity contribution in [2.24, 2.45) is 27.3 Å². The summed E-state index contributed by atoms with van der Waals surface area (Å²) in [5.41, 5.74) is 3.77. The molecule has 2 aromatic rings. The summed E-state index contributed by atoms with van der Waals surface area (Å²) in [4.78, 5) is 5.59. The van der Waals surface area contributed by atoms with Gasteiger partial charge in [0.15, 0.2) is 0 Å².